The average molecular weight is 335 g/mol. The number of amides is 2. The number of urea groups is 1. The molecule has 0 atom stereocenters. The molecule has 0 aliphatic carbocycles. The summed E-state index contributed by atoms with van der Waals surface area (Å²) >= 11 is 0. The van der Waals surface area contributed by atoms with Gasteiger partial charge < -0.3 is 10.6 Å². The predicted molar refractivity (Wildman–Crippen MR) is 96.5 cm³/mol. The van der Waals surface area contributed by atoms with Gasteiger partial charge in [0.2, 0.25) is 0 Å². The molecule has 128 valence electrons. The molecule has 6 nitrogen and oxygen atoms in total. The maximum atomic E-state index is 11.9. The summed E-state index contributed by atoms with van der Waals surface area (Å²) in [5.74, 6) is 0.795. The van der Waals surface area contributed by atoms with E-state index in [9.17, 15) is 4.79 Å². The Kier molecular flexibility index (Phi) is 5.41. The van der Waals surface area contributed by atoms with Crippen molar-refractivity contribution in [1.82, 2.24) is 25.2 Å². The Hall–Kier alpha value is -3.15. The summed E-state index contributed by atoms with van der Waals surface area (Å²) < 4.78 is 1.83. The lowest BCUT2D eigenvalue weighted by atomic mass is 10.1. The van der Waals surface area contributed by atoms with Gasteiger partial charge in [0.1, 0.15) is 12.1 Å². The van der Waals surface area contributed by atoms with Crippen LogP contribution in [0.3, 0.4) is 0 Å². The highest BCUT2D eigenvalue weighted by Crippen LogP contribution is 2.07. The van der Waals surface area contributed by atoms with Crippen LogP contribution in [-0.2, 0) is 13.0 Å². The molecule has 1 aromatic carbocycles. The van der Waals surface area contributed by atoms with E-state index < -0.39 is 0 Å². The third-order valence-corrected chi connectivity index (χ3v) is 3.97. The summed E-state index contributed by atoms with van der Waals surface area (Å²) in [5, 5.41) is 5.72. The Morgan fingerprint density at radius 3 is 2.76 bits per heavy atom. The van der Waals surface area contributed by atoms with Crippen LogP contribution in [0.5, 0.6) is 0 Å². The van der Waals surface area contributed by atoms with Crippen LogP contribution in [0, 0.1) is 6.92 Å². The highest BCUT2D eigenvalue weighted by molar-refractivity contribution is 5.73. The molecule has 25 heavy (non-hydrogen) atoms. The second-order valence-electron chi connectivity index (χ2n) is 5.78. The molecule has 3 aromatic rings. The van der Waals surface area contributed by atoms with Crippen molar-refractivity contribution >= 4 is 6.03 Å². The third-order valence-electron chi connectivity index (χ3n) is 3.97. The van der Waals surface area contributed by atoms with Crippen molar-refractivity contribution < 1.29 is 4.79 Å². The van der Waals surface area contributed by atoms with E-state index in [4.69, 9.17) is 0 Å². The van der Waals surface area contributed by atoms with Crippen LogP contribution >= 0.6 is 0 Å². The number of hydrogen-bond donors (Lipinski definition) is 2. The standard InChI is InChI=1S/C19H21N5O/c1-15-4-2-3-5-17(15)8-9-21-19(25)23-13-16-6-7-18(22-12-16)24-11-10-20-14-24/h2-7,10-12,14H,8-9,13H2,1H3,(H2,21,23,25). The number of aryl methyl sites for hydroxylation is 1. The maximum absolute atomic E-state index is 11.9. The molecular formula is C19H21N5O. The summed E-state index contributed by atoms with van der Waals surface area (Å²) in [6, 6.07) is 11.9. The Balaban J connectivity index is 1.42. The first-order valence-electron chi connectivity index (χ1n) is 8.22. The Bertz CT molecular complexity index is 812. The third kappa shape index (κ3) is 4.67. The monoisotopic (exact) mass is 335 g/mol. The minimum Gasteiger partial charge on any atom is -0.338 e. The van der Waals surface area contributed by atoms with Gasteiger partial charge in [-0.05, 0) is 36.1 Å². The fourth-order valence-electron chi connectivity index (χ4n) is 2.51. The number of aromatic nitrogens is 3. The zero-order valence-corrected chi connectivity index (χ0v) is 14.1. The molecule has 0 radical (unpaired) electrons. The molecule has 0 aliphatic rings. The van der Waals surface area contributed by atoms with Crippen molar-refractivity contribution in [3.8, 4) is 5.82 Å². The average Bonchev–Trinajstić information content (AvgIpc) is 3.17. The summed E-state index contributed by atoms with van der Waals surface area (Å²) in [4.78, 5) is 20.2. The molecule has 0 saturated heterocycles. The van der Waals surface area contributed by atoms with E-state index in [1.54, 1.807) is 18.7 Å². The fraction of sp³-hybridized carbons (Fsp3) is 0.211. The van der Waals surface area contributed by atoms with Crippen molar-refractivity contribution in [3.05, 3.63) is 78.0 Å². The molecule has 2 heterocycles. The molecule has 2 aromatic heterocycles. The molecule has 0 saturated carbocycles. The number of carbonyl (C=O) groups is 1. The quantitative estimate of drug-likeness (QED) is 0.727. The van der Waals surface area contributed by atoms with E-state index >= 15 is 0 Å². The number of nitrogens with zero attached hydrogens (tertiary/aromatic N) is 3. The fourth-order valence-corrected chi connectivity index (χ4v) is 2.51. The minimum absolute atomic E-state index is 0.174. The van der Waals surface area contributed by atoms with Crippen molar-refractivity contribution in [3.63, 3.8) is 0 Å². The number of carbonyl (C=O) groups excluding carboxylic acids is 1. The van der Waals surface area contributed by atoms with E-state index in [0.29, 0.717) is 13.1 Å². The number of benzene rings is 1. The van der Waals surface area contributed by atoms with Gasteiger partial charge in [0.15, 0.2) is 0 Å². The van der Waals surface area contributed by atoms with Gasteiger partial charge in [-0.1, -0.05) is 30.3 Å². The molecule has 0 fully saturated rings. The lowest BCUT2D eigenvalue weighted by Crippen LogP contribution is -2.36. The van der Waals surface area contributed by atoms with Crippen LogP contribution < -0.4 is 10.6 Å². The van der Waals surface area contributed by atoms with Gasteiger partial charge in [-0.2, -0.15) is 0 Å². The van der Waals surface area contributed by atoms with Crippen LogP contribution in [0.1, 0.15) is 16.7 Å². The second-order valence-corrected chi connectivity index (χ2v) is 5.78. The summed E-state index contributed by atoms with van der Waals surface area (Å²) in [5.41, 5.74) is 3.44. The Morgan fingerprint density at radius 1 is 1.16 bits per heavy atom. The van der Waals surface area contributed by atoms with E-state index in [1.165, 1.54) is 11.1 Å². The van der Waals surface area contributed by atoms with Crippen molar-refractivity contribution in [2.45, 2.75) is 19.9 Å². The topological polar surface area (TPSA) is 71.8 Å². The molecule has 0 unspecified atom stereocenters. The first kappa shape index (κ1) is 16.7. The molecule has 0 bridgehead atoms. The van der Waals surface area contributed by atoms with E-state index in [-0.39, 0.29) is 6.03 Å². The van der Waals surface area contributed by atoms with Crippen LogP contribution in [0.25, 0.3) is 5.82 Å². The first-order chi connectivity index (χ1) is 12.2. The zero-order valence-electron chi connectivity index (χ0n) is 14.1. The molecular weight excluding hydrogens is 314 g/mol. The second kappa shape index (κ2) is 8.10. The highest BCUT2D eigenvalue weighted by atomic mass is 16.2. The molecule has 0 aliphatic heterocycles. The van der Waals surface area contributed by atoms with Gasteiger partial charge in [-0.15, -0.1) is 0 Å². The highest BCUT2D eigenvalue weighted by Gasteiger charge is 2.03. The smallest absolute Gasteiger partial charge is 0.315 e. The molecule has 2 amide bonds. The van der Waals surface area contributed by atoms with Gasteiger partial charge >= 0.3 is 6.03 Å². The van der Waals surface area contributed by atoms with Crippen LogP contribution in [0.2, 0.25) is 0 Å². The van der Waals surface area contributed by atoms with E-state index in [1.807, 2.05) is 35.0 Å². The van der Waals surface area contributed by atoms with Crippen LogP contribution in [-0.4, -0.2) is 27.1 Å². The van der Waals surface area contributed by atoms with Gasteiger partial charge in [-0.3, -0.25) is 4.57 Å². The lowest BCUT2D eigenvalue weighted by molar-refractivity contribution is 0.240. The van der Waals surface area contributed by atoms with Gasteiger partial charge in [0, 0.05) is 31.7 Å². The minimum atomic E-state index is -0.174. The van der Waals surface area contributed by atoms with Crippen molar-refractivity contribution in [2.24, 2.45) is 0 Å². The molecule has 2 N–H and O–H groups in total. The van der Waals surface area contributed by atoms with Gasteiger partial charge in [0.05, 0.1) is 0 Å². The summed E-state index contributed by atoms with van der Waals surface area (Å²) in [6.45, 7) is 3.12. The summed E-state index contributed by atoms with van der Waals surface area (Å²) in [6.07, 6.45) is 7.81. The maximum Gasteiger partial charge on any atom is 0.315 e. The van der Waals surface area contributed by atoms with E-state index in [2.05, 4.69) is 39.7 Å². The number of imidazole rings is 1. The number of rotatable bonds is 6. The first-order valence-corrected chi connectivity index (χ1v) is 8.22. The number of pyridine rings is 1. The predicted octanol–water partition coefficient (Wildman–Crippen LogP) is 2.62. The van der Waals surface area contributed by atoms with Crippen molar-refractivity contribution in [2.75, 3.05) is 6.54 Å². The van der Waals surface area contributed by atoms with Gasteiger partial charge in [-0.25, -0.2) is 14.8 Å². The van der Waals surface area contributed by atoms with Crippen LogP contribution in [0.15, 0.2) is 61.3 Å². The molecule has 0 spiro atoms. The Morgan fingerprint density at radius 2 is 2.04 bits per heavy atom. The Labute approximate surface area is 146 Å². The largest absolute Gasteiger partial charge is 0.338 e. The normalized spacial score (nSPS) is 10.4. The van der Waals surface area contributed by atoms with E-state index in [0.717, 1.165) is 17.8 Å². The SMILES string of the molecule is Cc1ccccc1CCNC(=O)NCc1ccc(-n2ccnc2)nc1. The van der Waals surface area contributed by atoms with Gasteiger partial charge in [0.25, 0.3) is 0 Å². The number of nitrogens with one attached hydrogen (secondary N) is 2. The van der Waals surface area contributed by atoms with Crippen molar-refractivity contribution in [1.29, 1.82) is 0 Å². The molecule has 3 rings (SSSR count). The number of hydrogen-bond acceptors (Lipinski definition) is 3. The summed E-state index contributed by atoms with van der Waals surface area (Å²) in [7, 11) is 0. The van der Waals surface area contributed by atoms with Crippen LogP contribution in [0.4, 0.5) is 4.79 Å². The zero-order chi connectivity index (χ0) is 17.5. The molecule has 6 heteroatoms. The lowest BCUT2D eigenvalue weighted by Gasteiger charge is -2.09.